The number of hydrogen-bond donors (Lipinski definition) is 3. The highest BCUT2D eigenvalue weighted by Gasteiger charge is 2.25. The predicted octanol–water partition coefficient (Wildman–Crippen LogP) is 1.96. The smallest absolute Gasteiger partial charge is 0.263 e. The zero-order valence-corrected chi connectivity index (χ0v) is 14.7. The van der Waals surface area contributed by atoms with Crippen LogP contribution in [-0.4, -0.2) is 41.7 Å². The summed E-state index contributed by atoms with van der Waals surface area (Å²) in [5, 5.41) is 16.5. The van der Waals surface area contributed by atoms with Gasteiger partial charge in [0.1, 0.15) is 9.88 Å². The molecule has 0 bridgehead atoms. The molecule has 2 unspecified atom stereocenters. The SMILES string of the molecule is Cl.Cl.O=C(NCC1CNCC1O)c1cnc(-c2ccccc2)s1. The van der Waals surface area contributed by atoms with Gasteiger partial charge in [-0.05, 0) is 0 Å². The van der Waals surface area contributed by atoms with Crippen LogP contribution in [0, 0.1) is 5.92 Å². The van der Waals surface area contributed by atoms with Crippen LogP contribution in [0.25, 0.3) is 10.6 Å². The van der Waals surface area contributed by atoms with Crippen LogP contribution in [0.15, 0.2) is 36.5 Å². The van der Waals surface area contributed by atoms with Crippen LogP contribution in [0.4, 0.5) is 0 Å². The van der Waals surface area contributed by atoms with Crippen molar-refractivity contribution in [3.63, 3.8) is 0 Å². The van der Waals surface area contributed by atoms with E-state index in [9.17, 15) is 9.90 Å². The quantitative estimate of drug-likeness (QED) is 0.763. The largest absolute Gasteiger partial charge is 0.391 e. The summed E-state index contributed by atoms with van der Waals surface area (Å²) in [5.41, 5.74) is 1.01. The van der Waals surface area contributed by atoms with Gasteiger partial charge in [-0.3, -0.25) is 4.79 Å². The standard InChI is InChI=1S/C15H17N3O2S.2ClH/c19-12-8-16-6-11(12)7-17-14(20)13-9-18-15(21-13)10-4-2-1-3-5-10;;/h1-5,9,11-12,16,19H,6-8H2,(H,17,20);2*1H. The first kappa shape index (κ1) is 19.9. The van der Waals surface area contributed by atoms with Gasteiger partial charge < -0.3 is 15.7 Å². The van der Waals surface area contributed by atoms with Crippen molar-refractivity contribution < 1.29 is 9.90 Å². The molecule has 0 aliphatic carbocycles. The van der Waals surface area contributed by atoms with Gasteiger partial charge in [-0.1, -0.05) is 30.3 Å². The highest BCUT2D eigenvalue weighted by atomic mass is 35.5. The van der Waals surface area contributed by atoms with Gasteiger partial charge in [-0.15, -0.1) is 36.2 Å². The normalized spacial score (nSPS) is 19.5. The highest BCUT2D eigenvalue weighted by molar-refractivity contribution is 7.16. The molecule has 5 nitrogen and oxygen atoms in total. The summed E-state index contributed by atoms with van der Waals surface area (Å²) in [6.07, 6.45) is 1.22. The Morgan fingerprint density at radius 1 is 1.30 bits per heavy atom. The van der Waals surface area contributed by atoms with E-state index >= 15 is 0 Å². The highest BCUT2D eigenvalue weighted by Crippen LogP contribution is 2.24. The Kier molecular flexibility index (Phi) is 7.94. The average molecular weight is 376 g/mol. The maximum atomic E-state index is 12.1. The van der Waals surface area contributed by atoms with Crippen molar-refractivity contribution in [1.29, 1.82) is 0 Å². The molecule has 0 radical (unpaired) electrons. The van der Waals surface area contributed by atoms with Crippen LogP contribution in [0.5, 0.6) is 0 Å². The minimum atomic E-state index is -0.383. The van der Waals surface area contributed by atoms with Crippen molar-refractivity contribution in [3.05, 3.63) is 41.4 Å². The molecule has 2 aromatic rings. The van der Waals surface area contributed by atoms with Crippen LogP contribution in [-0.2, 0) is 0 Å². The van der Waals surface area contributed by atoms with Crippen LogP contribution >= 0.6 is 36.2 Å². The zero-order chi connectivity index (χ0) is 14.7. The number of nitrogens with zero attached hydrogens (tertiary/aromatic N) is 1. The van der Waals surface area contributed by atoms with Crippen LogP contribution < -0.4 is 10.6 Å². The molecule has 1 aliphatic heterocycles. The van der Waals surface area contributed by atoms with E-state index in [1.54, 1.807) is 6.20 Å². The molecule has 1 saturated heterocycles. The van der Waals surface area contributed by atoms with E-state index in [-0.39, 0.29) is 42.7 Å². The molecule has 0 saturated carbocycles. The van der Waals surface area contributed by atoms with Gasteiger partial charge in [0, 0.05) is 31.1 Å². The Bertz CT molecular complexity index is 624. The molecule has 2 atom stereocenters. The average Bonchev–Trinajstić information content (AvgIpc) is 3.15. The number of rotatable bonds is 4. The second kappa shape index (κ2) is 9.20. The Hall–Kier alpha value is -1.18. The first-order valence-electron chi connectivity index (χ1n) is 6.92. The Morgan fingerprint density at radius 2 is 2.04 bits per heavy atom. The maximum Gasteiger partial charge on any atom is 0.263 e. The molecular weight excluding hydrogens is 357 g/mol. The molecule has 126 valence electrons. The fourth-order valence-electron chi connectivity index (χ4n) is 2.33. The lowest BCUT2D eigenvalue weighted by molar-refractivity contribution is 0.0931. The monoisotopic (exact) mass is 375 g/mol. The first-order valence-corrected chi connectivity index (χ1v) is 7.74. The Balaban J connectivity index is 0.00000132. The summed E-state index contributed by atoms with van der Waals surface area (Å²) >= 11 is 1.38. The minimum absolute atomic E-state index is 0. The number of β-amino-alcohol motifs (C(OH)–C–C–N with tert-alkyl or cyclic N) is 1. The van der Waals surface area contributed by atoms with Gasteiger partial charge in [-0.2, -0.15) is 0 Å². The zero-order valence-electron chi connectivity index (χ0n) is 12.3. The summed E-state index contributed by atoms with van der Waals surface area (Å²) in [5.74, 6) is -0.0516. The van der Waals surface area contributed by atoms with Gasteiger partial charge in [-0.25, -0.2) is 4.98 Å². The topological polar surface area (TPSA) is 74.2 Å². The molecule has 1 aromatic heterocycles. The summed E-state index contributed by atoms with van der Waals surface area (Å²) in [6, 6.07) is 9.80. The molecule has 1 aliphatic rings. The minimum Gasteiger partial charge on any atom is -0.391 e. The van der Waals surface area contributed by atoms with Gasteiger partial charge in [0.05, 0.1) is 12.3 Å². The van der Waals surface area contributed by atoms with Gasteiger partial charge >= 0.3 is 0 Å². The molecule has 2 heterocycles. The van der Waals surface area contributed by atoms with Crippen molar-refractivity contribution in [1.82, 2.24) is 15.6 Å². The lowest BCUT2D eigenvalue weighted by atomic mass is 10.1. The van der Waals surface area contributed by atoms with E-state index in [1.165, 1.54) is 11.3 Å². The third-order valence-electron chi connectivity index (χ3n) is 3.58. The number of carbonyl (C=O) groups excluding carboxylic acids is 1. The van der Waals surface area contributed by atoms with Crippen molar-refractivity contribution >= 4 is 42.1 Å². The number of halogens is 2. The van der Waals surface area contributed by atoms with E-state index in [0.29, 0.717) is 18.0 Å². The predicted molar refractivity (Wildman–Crippen MR) is 96.7 cm³/mol. The van der Waals surface area contributed by atoms with E-state index in [4.69, 9.17) is 0 Å². The molecular formula is C15H19Cl2N3O2S. The number of thiazole rings is 1. The van der Waals surface area contributed by atoms with Crippen molar-refractivity contribution in [2.24, 2.45) is 5.92 Å². The second-order valence-electron chi connectivity index (χ2n) is 5.09. The molecule has 1 aromatic carbocycles. The molecule has 3 rings (SSSR count). The van der Waals surface area contributed by atoms with Gasteiger partial charge in [0.2, 0.25) is 0 Å². The summed E-state index contributed by atoms with van der Waals surface area (Å²) in [4.78, 5) is 17.0. The van der Waals surface area contributed by atoms with Crippen LogP contribution in [0.3, 0.4) is 0 Å². The fourth-order valence-corrected chi connectivity index (χ4v) is 3.17. The molecule has 8 heteroatoms. The van der Waals surface area contributed by atoms with E-state index in [1.807, 2.05) is 30.3 Å². The number of aliphatic hydroxyl groups is 1. The summed E-state index contributed by atoms with van der Waals surface area (Å²) in [7, 11) is 0. The third-order valence-corrected chi connectivity index (χ3v) is 4.62. The number of benzene rings is 1. The lowest BCUT2D eigenvalue weighted by Crippen LogP contribution is -2.34. The fraction of sp³-hybridized carbons (Fsp3) is 0.333. The van der Waals surface area contributed by atoms with E-state index < -0.39 is 0 Å². The second-order valence-corrected chi connectivity index (χ2v) is 6.12. The number of hydrogen-bond acceptors (Lipinski definition) is 5. The number of aromatic nitrogens is 1. The number of aliphatic hydroxyl groups excluding tert-OH is 1. The molecule has 1 amide bonds. The number of nitrogens with one attached hydrogen (secondary N) is 2. The summed E-state index contributed by atoms with van der Waals surface area (Å²) < 4.78 is 0. The van der Waals surface area contributed by atoms with E-state index in [0.717, 1.165) is 17.1 Å². The molecule has 0 spiro atoms. The summed E-state index contributed by atoms with van der Waals surface area (Å²) in [6.45, 7) is 1.81. The maximum absolute atomic E-state index is 12.1. The van der Waals surface area contributed by atoms with Crippen molar-refractivity contribution in [3.8, 4) is 10.6 Å². The van der Waals surface area contributed by atoms with Gasteiger partial charge in [0.15, 0.2) is 0 Å². The molecule has 3 N–H and O–H groups in total. The van der Waals surface area contributed by atoms with Crippen LogP contribution in [0.2, 0.25) is 0 Å². The lowest BCUT2D eigenvalue weighted by Gasteiger charge is -2.13. The van der Waals surface area contributed by atoms with Crippen molar-refractivity contribution in [2.75, 3.05) is 19.6 Å². The number of carbonyl (C=O) groups is 1. The Morgan fingerprint density at radius 3 is 2.70 bits per heavy atom. The van der Waals surface area contributed by atoms with Gasteiger partial charge in [0.25, 0.3) is 5.91 Å². The Labute approximate surface area is 151 Å². The molecule has 1 fully saturated rings. The first-order chi connectivity index (χ1) is 10.2. The number of amides is 1. The van der Waals surface area contributed by atoms with E-state index in [2.05, 4.69) is 15.6 Å². The van der Waals surface area contributed by atoms with Crippen molar-refractivity contribution in [2.45, 2.75) is 6.10 Å². The molecule has 23 heavy (non-hydrogen) atoms. The third kappa shape index (κ3) is 4.89. The van der Waals surface area contributed by atoms with Crippen LogP contribution in [0.1, 0.15) is 9.67 Å².